The molecule has 0 amide bonds. The molecule has 7 nitrogen and oxygen atoms in total. The minimum Gasteiger partial charge on any atom is -0.491 e. The van der Waals surface area contributed by atoms with Crippen LogP contribution >= 0.6 is 0 Å². The number of nitrogens with two attached hydrogens (primary N) is 2. The lowest BCUT2D eigenvalue weighted by molar-refractivity contribution is 0.364. The van der Waals surface area contributed by atoms with Crippen molar-refractivity contribution in [2.45, 2.75) is 6.04 Å². The topological polar surface area (TPSA) is 132 Å². The quantitative estimate of drug-likeness (QED) is 0.588. The summed E-state index contributed by atoms with van der Waals surface area (Å²) in [6.45, 7) is 0. The predicted molar refractivity (Wildman–Crippen MR) is 75.4 cm³/mol. The van der Waals surface area contributed by atoms with Crippen LogP contribution in [-0.2, 0) is 0 Å². The molecule has 3 rings (SSSR count). The number of hydrogen-bond acceptors (Lipinski definition) is 7. The summed E-state index contributed by atoms with van der Waals surface area (Å²) >= 11 is 0. The fourth-order valence-electron chi connectivity index (χ4n) is 2.25. The Morgan fingerprint density at radius 1 is 1.10 bits per heavy atom. The zero-order valence-electron chi connectivity index (χ0n) is 10.7. The summed E-state index contributed by atoms with van der Waals surface area (Å²) in [5, 5.41) is 13.3. The first-order valence-electron chi connectivity index (χ1n) is 6.10. The fourth-order valence-corrected chi connectivity index (χ4v) is 2.25. The third kappa shape index (κ3) is 1.83. The highest BCUT2D eigenvalue weighted by molar-refractivity contribution is 5.67. The van der Waals surface area contributed by atoms with Gasteiger partial charge in [-0.1, -0.05) is 30.3 Å². The molecule has 0 bridgehead atoms. The zero-order chi connectivity index (χ0) is 15.1. The second kappa shape index (κ2) is 4.57. The first kappa shape index (κ1) is 13.1. The van der Waals surface area contributed by atoms with E-state index in [2.05, 4.69) is 5.16 Å². The van der Waals surface area contributed by atoms with Gasteiger partial charge in [0.1, 0.15) is 0 Å². The van der Waals surface area contributed by atoms with Gasteiger partial charge >= 0.3 is 0 Å². The summed E-state index contributed by atoms with van der Waals surface area (Å²) in [5.41, 5.74) is 10.5. The Bertz CT molecular complexity index is 876. The highest BCUT2D eigenvalue weighted by Crippen LogP contribution is 2.36. The smallest absolute Gasteiger partial charge is 0.257 e. The Morgan fingerprint density at radius 3 is 2.38 bits per heavy atom. The Labute approximate surface area is 118 Å². The SMILES string of the molecule is Nc1c(C(N)c2c(O)noc2-c2ccccc2)c(=O)c1=O. The second-order valence-corrected chi connectivity index (χ2v) is 4.58. The molecule has 2 aromatic carbocycles. The Morgan fingerprint density at radius 2 is 1.76 bits per heavy atom. The Balaban J connectivity index is 2.14. The third-order valence-electron chi connectivity index (χ3n) is 3.35. The van der Waals surface area contributed by atoms with Crippen LogP contribution in [0.25, 0.3) is 11.3 Å². The molecule has 1 aromatic heterocycles. The minimum absolute atomic E-state index is 0.0318. The summed E-state index contributed by atoms with van der Waals surface area (Å²) in [6, 6.07) is 7.76. The largest absolute Gasteiger partial charge is 0.491 e. The lowest BCUT2D eigenvalue weighted by Crippen LogP contribution is -2.41. The van der Waals surface area contributed by atoms with Gasteiger partial charge < -0.3 is 21.1 Å². The van der Waals surface area contributed by atoms with Crippen LogP contribution in [0, 0.1) is 0 Å². The molecule has 0 aliphatic heterocycles. The van der Waals surface area contributed by atoms with Gasteiger partial charge in [-0.15, -0.1) is 0 Å². The molecule has 0 radical (unpaired) electrons. The van der Waals surface area contributed by atoms with E-state index in [0.29, 0.717) is 5.56 Å². The maximum absolute atomic E-state index is 11.6. The molecule has 21 heavy (non-hydrogen) atoms. The second-order valence-electron chi connectivity index (χ2n) is 4.58. The average molecular weight is 285 g/mol. The van der Waals surface area contributed by atoms with E-state index in [4.69, 9.17) is 16.0 Å². The maximum atomic E-state index is 11.6. The normalized spacial score (nSPS) is 12.6. The summed E-state index contributed by atoms with van der Waals surface area (Å²) in [4.78, 5) is 22.8. The molecule has 106 valence electrons. The van der Waals surface area contributed by atoms with Crippen molar-refractivity contribution in [1.29, 1.82) is 0 Å². The zero-order valence-corrected chi connectivity index (χ0v) is 10.7. The van der Waals surface area contributed by atoms with Crippen molar-refractivity contribution in [3.8, 4) is 17.2 Å². The molecule has 1 atom stereocenters. The number of benzene rings is 1. The molecule has 0 saturated heterocycles. The van der Waals surface area contributed by atoms with Gasteiger partial charge in [-0.25, -0.2) is 0 Å². The summed E-state index contributed by atoms with van der Waals surface area (Å²) in [5.74, 6) is -0.207. The van der Waals surface area contributed by atoms with Gasteiger partial charge in [0.05, 0.1) is 22.9 Å². The third-order valence-corrected chi connectivity index (χ3v) is 3.35. The summed E-state index contributed by atoms with van der Waals surface area (Å²) in [7, 11) is 0. The van der Waals surface area contributed by atoms with Crippen LogP contribution < -0.4 is 22.3 Å². The van der Waals surface area contributed by atoms with Crippen LogP contribution in [0.4, 0.5) is 5.69 Å². The molecule has 1 heterocycles. The van der Waals surface area contributed by atoms with Gasteiger partial charge in [-0.2, -0.15) is 0 Å². The van der Waals surface area contributed by atoms with Crippen molar-refractivity contribution in [3.05, 3.63) is 61.9 Å². The predicted octanol–water partition coefficient (Wildman–Crippen LogP) is 0.274. The number of nitrogens with zero attached hydrogens (tertiary/aromatic N) is 1. The van der Waals surface area contributed by atoms with Crippen LogP contribution in [0.2, 0.25) is 0 Å². The van der Waals surface area contributed by atoms with E-state index < -0.39 is 22.8 Å². The van der Waals surface area contributed by atoms with Crippen molar-refractivity contribution in [3.63, 3.8) is 0 Å². The van der Waals surface area contributed by atoms with Crippen LogP contribution in [-0.4, -0.2) is 10.3 Å². The molecule has 5 N–H and O–H groups in total. The summed E-state index contributed by atoms with van der Waals surface area (Å²) in [6.07, 6.45) is 0. The lowest BCUT2D eigenvalue weighted by atomic mass is 9.93. The van der Waals surface area contributed by atoms with Gasteiger partial charge in [-0.3, -0.25) is 9.59 Å². The highest BCUT2D eigenvalue weighted by atomic mass is 16.5. The van der Waals surface area contributed by atoms with Crippen LogP contribution in [0.1, 0.15) is 17.2 Å². The average Bonchev–Trinajstić information content (AvgIpc) is 2.89. The van der Waals surface area contributed by atoms with Crippen molar-refractivity contribution in [2.24, 2.45) is 5.73 Å². The number of aromatic hydroxyl groups is 1. The molecule has 0 aliphatic carbocycles. The van der Waals surface area contributed by atoms with Crippen molar-refractivity contribution in [1.82, 2.24) is 5.16 Å². The Hall–Kier alpha value is -2.93. The van der Waals surface area contributed by atoms with Gasteiger partial charge in [-0.05, 0) is 5.16 Å². The van der Waals surface area contributed by atoms with Gasteiger partial charge in [0.25, 0.3) is 5.88 Å². The monoisotopic (exact) mass is 285 g/mol. The fraction of sp³-hybridized carbons (Fsp3) is 0.0714. The molecular weight excluding hydrogens is 274 g/mol. The van der Waals surface area contributed by atoms with Crippen LogP contribution in [0.15, 0.2) is 44.4 Å². The van der Waals surface area contributed by atoms with Crippen LogP contribution in [0.3, 0.4) is 0 Å². The maximum Gasteiger partial charge on any atom is 0.257 e. The van der Waals surface area contributed by atoms with E-state index in [-0.39, 0.29) is 22.6 Å². The number of nitrogen functional groups attached to an aromatic ring is 1. The van der Waals surface area contributed by atoms with Crippen molar-refractivity contribution in [2.75, 3.05) is 5.73 Å². The molecular formula is C14H11N3O4. The van der Waals surface area contributed by atoms with E-state index in [1.807, 2.05) is 6.07 Å². The standard InChI is InChI=1S/C14H11N3O4/c15-9(7-10(16)12(19)11(7)18)8-13(21-17-14(8)20)6-4-2-1-3-5-6/h1-5,9H,15-16H2,(H,17,20). The highest BCUT2D eigenvalue weighted by Gasteiger charge is 2.31. The molecule has 0 fully saturated rings. The van der Waals surface area contributed by atoms with Crippen LogP contribution in [0.5, 0.6) is 5.88 Å². The van der Waals surface area contributed by atoms with E-state index in [9.17, 15) is 14.7 Å². The molecule has 0 spiro atoms. The summed E-state index contributed by atoms with van der Waals surface area (Å²) < 4.78 is 5.08. The number of anilines is 1. The minimum atomic E-state index is -1.07. The van der Waals surface area contributed by atoms with Gasteiger partial charge in [0, 0.05) is 5.56 Å². The molecule has 0 saturated carbocycles. The van der Waals surface area contributed by atoms with Gasteiger partial charge in [0.15, 0.2) is 5.76 Å². The van der Waals surface area contributed by atoms with E-state index in [1.165, 1.54) is 0 Å². The first-order valence-corrected chi connectivity index (χ1v) is 6.10. The molecule has 1 unspecified atom stereocenters. The Kier molecular flexibility index (Phi) is 2.84. The van der Waals surface area contributed by atoms with Gasteiger partial charge in [0.2, 0.25) is 10.9 Å². The molecule has 0 aliphatic rings. The van der Waals surface area contributed by atoms with E-state index >= 15 is 0 Å². The van der Waals surface area contributed by atoms with E-state index in [1.54, 1.807) is 24.3 Å². The first-order chi connectivity index (χ1) is 10.0. The number of rotatable bonds is 3. The van der Waals surface area contributed by atoms with E-state index in [0.717, 1.165) is 0 Å². The van der Waals surface area contributed by atoms with Crippen molar-refractivity contribution < 1.29 is 9.63 Å². The number of aromatic nitrogens is 1. The molecule has 3 aromatic rings. The number of hydrogen-bond donors (Lipinski definition) is 3. The van der Waals surface area contributed by atoms with Crippen molar-refractivity contribution >= 4 is 5.69 Å². The lowest BCUT2D eigenvalue weighted by Gasteiger charge is -2.14. The molecule has 7 heteroatoms.